The van der Waals surface area contributed by atoms with Crippen molar-refractivity contribution in [2.24, 2.45) is 0 Å². The minimum absolute atomic E-state index is 0.279. The average Bonchev–Trinajstić information content (AvgIpc) is 2.47. The molecule has 2 rings (SSSR count). The molecule has 0 saturated carbocycles. The number of para-hydroxylation sites is 1. The average molecular weight is 287 g/mol. The van der Waals surface area contributed by atoms with Gasteiger partial charge >= 0.3 is 0 Å². The van der Waals surface area contributed by atoms with Crippen LogP contribution in [0.4, 0.5) is 4.39 Å². The number of rotatable bonds is 6. The number of ether oxygens (including phenoxy) is 1. The van der Waals surface area contributed by atoms with Crippen LogP contribution in [-0.2, 0) is 6.54 Å². The molecule has 0 aromatic heterocycles. The van der Waals surface area contributed by atoms with E-state index in [1.165, 1.54) is 12.1 Å². The third-order valence-electron chi connectivity index (χ3n) is 3.60. The monoisotopic (exact) mass is 287 g/mol. The lowest BCUT2D eigenvalue weighted by atomic mass is 9.98. The van der Waals surface area contributed by atoms with Gasteiger partial charge in [0, 0.05) is 12.6 Å². The first-order chi connectivity index (χ1) is 10.1. The molecule has 1 unspecified atom stereocenters. The van der Waals surface area contributed by atoms with Crippen molar-refractivity contribution in [2.75, 3.05) is 7.05 Å². The van der Waals surface area contributed by atoms with Crippen molar-refractivity contribution < 1.29 is 9.13 Å². The van der Waals surface area contributed by atoms with E-state index < -0.39 is 0 Å². The molecule has 1 atom stereocenters. The van der Waals surface area contributed by atoms with E-state index in [0.717, 1.165) is 23.3 Å². The van der Waals surface area contributed by atoms with Gasteiger partial charge in [0.1, 0.15) is 17.3 Å². The molecule has 3 heteroatoms. The van der Waals surface area contributed by atoms with E-state index in [4.69, 9.17) is 4.74 Å². The quantitative estimate of drug-likeness (QED) is 0.820. The second-order valence-electron chi connectivity index (χ2n) is 5.27. The van der Waals surface area contributed by atoms with Crippen LogP contribution in [0.3, 0.4) is 0 Å². The molecular weight excluding hydrogens is 265 g/mol. The predicted octanol–water partition coefficient (Wildman–Crippen LogP) is 4.85. The lowest BCUT2D eigenvalue weighted by molar-refractivity contribution is 0.464. The number of hydrogen-bond acceptors (Lipinski definition) is 2. The molecule has 112 valence electrons. The first kappa shape index (κ1) is 15.5. The van der Waals surface area contributed by atoms with Crippen LogP contribution >= 0.6 is 0 Å². The minimum Gasteiger partial charge on any atom is -0.457 e. The highest BCUT2D eigenvalue weighted by molar-refractivity contribution is 5.40. The lowest BCUT2D eigenvalue weighted by Crippen LogP contribution is -2.05. The van der Waals surface area contributed by atoms with E-state index in [9.17, 15) is 4.39 Å². The molecule has 0 fully saturated rings. The first-order valence-corrected chi connectivity index (χ1v) is 7.35. The van der Waals surface area contributed by atoms with Crippen molar-refractivity contribution in [3.63, 3.8) is 0 Å². The van der Waals surface area contributed by atoms with Crippen LogP contribution in [0.5, 0.6) is 11.5 Å². The lowest BCUT2D eigenvalue weighted by Gasteiger charge is -2.16. The molecule has 1 N–H and O–H groups in total. The third kappa shape index (κ3) is 4.05. The highest BCUT2D eigenvalue weighted by Gasteiger charge is 2.11. The normalized spacial score (nSPS) is 12.2. The zero-order valence-electron chi connectivity index (χ0n) is 12.8. The van der Waals surface area contributed by atoms with Gasteiger partial charge < -0.3 is 10.1 Å². The maximum atomic E-state index is 13.7. The summed E-state index contributed by atoms with van der Waals surface area (Å²) in [5, 5.41) is 3.02. The van der Waals surface area contributed by atoms with Crippen LogP contribution in [0, 0.1) is 5.82 Å². The summed E-state index contributed by atoms with van der Waals surface area (Å²) in [6.45, 7) is 4.93. The zero-order valence-corrected chi connectivity index (χ0v) is 12.8. The maximum Gasteiger partial charge on any atom is 0.130 e. The summed E-state index contributed by atoms with van der Waals surface area (Å²) >= 11 is 0. The first-order valence-electron chi connectivity index (χ1n) is 7.35. The van der Waals surface area contributed by atoms with Crippen molar-refractivity contribution in [3.8, 4) is 11.5 Å². The van der Waals surface area contributed by atoms with Crippen LogP contribution in [0.15, 0.2) is 42.5 Å². The smallest absolute Gasteiger partial charge is 0.130 e. The van der Waals surface area contributed by atoms with E-state index in [1.54, 1.807) is 0 Å². The highest BCUT2D eigenvalue weighted by atomic mass is 19.1. The van der Waals surface area contributed by atoms with Gasteiger partial charge in [0.15, 0.2) is 0 Å². The molecule has 21 heavy (non-hydrogen) atoms. The van der Waals surface area contributed by atoms with Gasteiger partial charge in [-0.2, -0.15) is 0 Å². The summed E-state index contributed by atoms with van der Waals surface area (Å²) in [6.07, 6.45) is 1.04. The van der Waals surface area contributed by atoms with Gasteiger partial charge in [0.2, 0.25) is 0 Å². The fraction of sp³-hybridized carbons (Fsp3) is 0.333. The fourth-order valence-electron chi connectivity index (χ4n) is 2.31. The molecule has 0 heterocycles. The molecule has 2 nitrogen and oxygen atoms in total. The summed E-state index contributed by atoms with van der Waals surface area (Å²) in [6, 6.07) is 12.8. The standard InChI is InChI=1S/C18H22FNO/c1-4-13(2)17-7-5-6-8-18(17)21-16-10-14(12-20-3)9-15(19)11-16/h5-11,13,20H,4,12H2,1-3H3. The Morgan fingerprint density at radius 2 is 1.95 bits per heavy atom. The summed E-state index contributed by atoms with van der Waals surface area (Å²) < 4.78 is 19.6. The van der Waals surface area contributed by atoms with Crippen LogP contribution in [0.25, 0.3) is 0 Å². The number of benzene rings is 2. The maximum absolute atomic E-state index is 13.7. The topological polar surface area (TPSA) is 21.3 Å². The van der Waals surface area contributed by atoms with Gasteiger partial charge in [-0.25, -0.2) is 4.39 Å². The van der Waals surface area contributed by atoms with E-state index in [2.05, 4.69) is 25.2 Å². The van der Waals surface area contributed by atoms with Crippen molar-refractivity contribution >= 4 is 0 Å². The second kappa shape index (κ2) is 7.23. The molecule has 0 amide bonds. The number of nitrogens with one attached hydrogen (secondary N) is 1. The largest absolute Gasteiger partial charge is 0.457 e. The number of halogens is 1. The zero-order chi connectivity index (χ0) is 15.2. The molecule has 0 saturated heterocycles. The Kier molecular flexibility index (Phi) is 5.34. The Labute approximate surface area is 126 Å². The Hall–Kier alpha value is -1.87. The third-order valence-corrected chi connectivity index (χ3v) is 3.60. The van der Waals surface area contributed by atoms with Crippen LogP contribution in [0.1, 0.15) is 37.3 Å². The molecule has 0 aliphatic rings. The molecule has 2 aromatic rings. The Morgan fingerprint density at radius 3 is 2.67 bits per heavy atom. The summed E-state index contributed by atoms with van der Waals surface area (Å²) in [5.41, 5.74) is 2.02. The predicted molar refractivity (Wildman–Crippen MR) is 84.4 cm³/mol. The van der Waals surface area contributed by atoms with Crippen LogP contribution < -0.4 is 10.1 Å². The Morgan fingerprint density at radius 1 is 1.19 bits per heavy atom. The van der Waals surface area contributed by atoms with Gasteiger partial charge in [-0.05, 0) is 48.7 Å². The second-order valence-corrected chi connectivity index (χ2v) is 5.27. The van der Waals surface area contributed by atoms with E-state index in [-0.39, 0.29) is 5.82 Å². The minimum atomic E-state index is -0.279. The molecule has 0 spiro atoms. The highest BCUT2D eigenvalue weighted by Crippen LogP contribution is 2.32. The van der Waals surface area contributed by atoms with Crippen molar-refractivity contribution in [1.29, 1.82) is 0 Å². The van der Waals surface area contributed by atoms with E-state index in [0.29, 0.717) is 18.2 Å². The van der Waals surface area contributed by atoms with E-state index in [1.807, 2.05) is 31.3 Å². The van der Waals surface area contributed by atoms with Crippen LogP contribution in [-0.4, -0.2) is 7.05 Å². The SMILES string of the molecule is CCC(C)c1ccccc1Oc1cc(F)cc(CNC)c1. The molecule has 2 aromatic carbocycles. The van der Waals surface area contributed by atoms with Gasteiger partial charge in [0.05, 0.1) is 0 Å². The molecule has 0 radical (unpaired) electrons. The molecular formula is C18H22FNO. The van der Waals surface area contributed by atoms with Crippen molar-refractivity contribution in [1.82, 2.24) is 5.32 Å². The van der Waals surface area contributed by atoms with Gasteiger partial charge in [-0.15, -0.1) is 0 Å². The Bertz CT molecular complexity index is 598. The van der Waals surface area contributed by atoms with E-state index >= 15 is 0 Å². The molecule has 0 bridgehead atoms. The van der Waals surface area contributed by atoms with Gasteiger partial charge in [0.25, 0.3) is 0 Å². The van der Waals surface area contributed by atoms with Gasteiger partial charge in [-0.1, -0.05) is 32.0 Å². The van der Waals surface area contributed by atoms with Crippen molar-refractivity contribution in [2.45, 2.75) is 32.7 Å². The fourth-order valence-corrected chi connectivity index (χ4v) is 2.31. The van der Waals surface area contributed by atoms with Gasteiger partial charge in [-0.3, -0.25) is 0 Å². The summed E-state index contributed by atoms with van der Waals surface area (Å²) in [5.74, 6) is 1.47. The summed E-state index contributed by atoms with van der Waals surface area (Å²) in [7, 11) is 1.84. The van der Waals surface area contributed by atoms with Crippen LogP contribution in [0.2, 0.25) is 0 Å². The molecule has 0 aliphatic carbocycles. The molecule has 0 aliphatic heterocycles. The Balaban J connectivity index is 2.30. The summed E-state index contributed by atoms with van der Waals surface area (Å²) in [4.78, 5) is 0. The van der Waals surface area contributed by atoms with Crippen molar-refractivity contribution in [3.05, 3.63) is 59.4 Å². The number of hydrogen-bond donors (Lipinski definition) is 1.